The largest absolute Gasteiger partial charge is 0.329 e. The van der Waals surface area contributed by atoms with Crippen LogP contribution in [0, 0.1) is 0 Å². The topological polar surface area (TPSA) is 56.7 Å². The normalized spacial score (nSPS) is 13.2. The van der Waals surface area contributed by atoms with Crippen molar-refractivity contribution in [2.75, 3.05) is 27.7 Å². The lowest BCUT2D eigenvalue weighted by Crippen LogP contribution is -2.37. The van der Waals surface area contributed by atoms with E-state index in [1.54, 1.807) is 0 Å². The van der Waals surface area contributed by atoms with Crippen molar-refractivity contribution in [2.24, 2.45) is 5.73 Å². The number of quaternary nitrogens is 1. The summed E-state index contributed by atoms with van der Waals surface area (Å²) in [5.41, 5.74) is 6.36. The van der Waals surface area contributed by atoms with Crippen molar-refractivity contribution in [1.29, 1.82) is 0 Å². The summed E-state index contributed by atoms with van der Waals surface area (Å²) in [6.45, 7) is 5.75. The Morgan fingerprint density at radius 3 is 2.40 bits per heavy atom. The predicted molar refractivity (Wildman–Crippen MR) is 60.1 cm³/mol. The van der Waals surface area contributed by atoms with Crippen LogP contribution in [0.25, 0.3) is 0 Å². The van der Waals surface area contributed by atoms with Gasteiger partial charge in [-0.25, -0.2) is 4.68 Å². The average molecular weight is 212 g/mol. The predicted octanol–water partition coefficient (Wildman–Crippen LogP) is 0.178. The van der Waals surface area contributed by atoms with Gasteiger partial charge in [0, 0.05) is 0 Å². The second-order valence-corrected chi connectivity index (χ2v) is 5.60. The molecule has 1 aromatic heterocycles. The lowest BCUT2D eigenvalue weighted by molar-refractivity contribution is -0.871. The molecule has 0 spiro atoms. The Morgan fingerprint density at radius 2 is 2.00 bits per heavy atom. The van der Waals surface area contributed by atoms with Crippen molar-refractivity contribution in [3.05, 3.63) is 11.9 Å². The van der Waals surface area contributed by atoms with E-state index in [2.05, 4.69) is 31.5 Å². The SMILES string of the molecule is CC(C)(N)c1cn(CC[N+](C)(C)C)nn1. The first-order chi connectivity index (χ1) is 6.68. The van der Waals surface area contributed by atoms with Crippen molar-refractivity contribution in [3.8, 4) is 0 Å². The van der Waals surface area contributed by atoms with Gasteiger partial charge >= 0.3 is 0 Å². The zero-order chi connectivity index (χ0) is 11.7. The summed E-state index contributed by atoms with van der Waals surface area (Å²) < 4.78 is 2.77. The molecule has 86 valence electrons. The van der Waals surface area contributed by atoms with Crippen LogP contribution in [0.1, 0.15) is 19.5 Å². The molecule has 5 heteroatoms. The Kier molecular flexibility index (Phi) is 3.16. The summed E-state index contributed by atoms with van der Waals surface area (Å²) in [5, 5.41) is 8.13. The van der Waals surface area contributed by atoms with Crippen molar-refractivity contribution < 1.29 is 4.48 Å². The number of hydrogen-bond acceptors (Lipinski definition) is 3. The van der Waals surface area contributed by atoms with E-state index in [-0.39, 0.29) is 0 Å². The van der Waals surface area contributed by atoms with Gasteiger partial charge in [-0.1, -0.05) is 5.21 Å². The molecule has 0 radical (unpaired) electrons. The first-order valence-corrected chi connectivity index (χ1v) is 5.18. The fourth-order valence-electron chi connectivity index (χ4n) is 1.11. The van der Waals surface area contributed by atoms with E-state index in [0.29, 0.717) is 0 Å². The molecule has 0 atom stereocenters. The van der Waals surface area contributed by atoms with Crippen LogP contribution >= 0.6 is 0 Å². The monoisotopic (exact) mass is 212 g/mol. The Morgan fingerprint density at radius 1 is 1.40 bits per heavy atom. The van der Waals surface area contributed by atoms with E-state index in [4.69, 9.17) is 5.73 Å². The maximum Gasteiger partial charge on any atom is 0.102 e. The second kappa shape index (κ2) is 3.90. The smallest absolute Gasteiger partial charge is 0.102 e. The summed E-state index contributed by atoms with van der Waals surface area (Å²) in [6, 6.07) is 0. The number of nitrogens with zero attached hydrogens (tertiary/aromatic N) is 4. The van der Waals surface area contributed by atoms with Crippen molar-refractivity contribution >= 4 is 0 Å². The van der Waals surface area contributed by atoms with Crippen molar-refractivity contribution in [2.45, 2.75) is 25.9 Å². The van der Waals surface area contributed by atoms with Gasteiger partial charge in [-0.2, -0.15) is 0 Å². The minimum absolute atomic E-state index is 0.408. The van der Waals surface area contributed by atoms with Gasteiger partial charge in [-0.3, -0.25) is 0 Å². The molecule has 1 heterocycles. The van der Waals surface area contributed by atoms with Crippen LogP contribution in [0.5, 0.6) is 0 Å². The molecule has 0 fully saturated rings. The molecule has 0 aromatic carbocycles. The third kappa shape index (κ3) is 3.97. The molecule has 1 aromatic rings. The van der Waals surface area contributed by atoms with E-state index in [0.717, 1.165) is 23.3 Å². The Hall–Kier alpha value is -0.940. The standard InChI is InChI=1S/C10H22N5/c1-10(2,11)9-8-14(13-12-9)6-7-15(3,4)5/h8H,6-7,11H2,1-5H3/q+1. The van der Waals surface area contributed by atoms with Crippen LogP contribution < -0.4 is 5.73 Å². The number of rotatable bonds is 4. The molecule has 0 aliphatic carbocycles. The molecule has 15 heavy (non-hydrogen) atoms. The summed E-state index contributed by atoms with van der Waals surface area (Å²) in [5.74, 6) is 0. The van der Waals surface area contributed by atoms with Crippen molar-refractivity contribution in [1.82, 2.24) is 15.0 Å². The summed E-state index contributed by atoms with van der Waals surface area (Å²) >= 11 is 0. The number of hydrogen-bond donors (Lipinski definition) is 1. The lowest BCUT2D eigenvalue weighted by Gasteiger charge is -2.23. The minimum Gasteiger partial charge on any atom is -0.329 e. The molecular formula is C10H22N5+. The van der Waals surface area contributed by atoms with Gasteiger partial charge in [-0.05, 0) is 13.8 Å². The van der Waals surface area contributed by atoms with Gasteiger partial charge in [0.25, 0.3) is 0 Å². The summed E-state index contributed by atoms with van der Waals surface area (Å²) in [4.78, 5) is 0. The van der Waals surface area contributed by atoms with Gasteiger partial charge in [0.2, 0.25) is 0 Å². The molecule has 0 saturated carbocycles. The van der Waals surface area contributed by atoms with Crippen LogP contribution in [-0.2, 0) is 12.1 Å². The molecule has 2 N–H and O–H groups in total. The second-order valence-electron chi connectivity index (χ2n) is 5.60. The van der Waals surface area contributed by atoms with Gasteiger partial charge in [-0.15, -0.1) is 5.10 Å². The van der Waals surface area contributed by atoms with Crippen LogP contribution in [0.2, 0.25) is 0 Å². The zero-order valence-electron chi connectivity index (χ0n) is 10.4. The lowest BCUT2D eigenvalue weighted by atomic mass is 10.0. The van der Waals surface area contributed by atoms with E-state index in [1.807, 2.05) is 24.7 Å². The van der Waals surface area contributed by atoms with Crippen LogP contribution in [0.3, 0.4) is 0 Å². The minimum atomic E-state index is -0.408. The highest BCUT2D eigenvalue weighted by Crippen LogP contribution is 2.12. The number of nitrogens with two attached hydrogens (primary N) is 1. The molecule has 1 rings (SSSR count). The highest BCUT2D eigenvalue weighted by atomic mass is 15.4. The molecule has 0 aliphatic rings. The molecule has 0 saturated heterocycles. The maximum absolute atomic E-state index is 5.93. The van der Waals surface area contributed by atoms with E-state index < -0.39 is 5.54 Å². The highest BCUT2D eigenvalue weighted by molar-refractivity contribution is 5.05. The molecule has 5 nitrogen and oxygen atoms in total. The number of aromatic nitrogens is 3. The van der Waals surface area contributed by atoms with E-state index in [1.165, 1.54) is 0 Å². The third-order valence-electron chi connectivity index (χ3n) is 2.20. The Bertz CT molecular complexity index is 315. The summed E-state index contributed by atoms with van der Waals surface area (Å²) in [6.07, 6.45) is 1.93. The molecular weight excluding hydrogens is 190 g/mol. The molecule has 0 unspecified atom stereocenters. The van der Waals surface area contributed by atoms with E-state index >= 15 is 0 Å². The quantitative estimate of drug-likeness (QED) is 0.724. The summed E-state index contributed by atoms with van der Waals surface area (Å²) in [7, 11) is 6.47. The first kappa shape index (κ1) is 12.1. The van der Waals surface area contributed by atoms with Crippen LogP contribution in [0.15, 0.2) is 6.20 Å². The average Bonchev–Trinajstić information content (AvgIpc) is 2.45. The Balaban J connectivity index is 2.62. The molecule has 0 aliphatic heterocycles. The number of likely N-dealkylation sites (N-methyl/N-ethyl adjacent to an activating group) is 1. The maximum atomic E-state index is 5.93. The highest BCUT2D eigenvalue weighted by Gasteiger charge is 2.18. The van der Waals surface area contributed by atoms with Gasteiger partial charge < -0.3 is 10.2 Å². The van der Waals surface area contributed by atoms with Crippen LogP contribution in [-0.4, -0.2) is 47.2 Å². The fraction of sp³-hybridized carbons (Fsp3) is 0.800. The zero-order valence-corrected chi connectivity index (χ0v) is 10.4. The van der Waals surface area contributed by atoms with Gasteiger partial charge in [0.05, 0.1) is 46.0 Å². The van der Waals surface area contributed by atoms with Gasteiger partial charge in [0.1, 0.15) is 5.69 Å². The molecule has 0 bridgehead atoms. The van der Waals surface area contributed by atoms with Crippen LogP contribution in [0.4, 0.5) is 0 Å². The first-order valence-electron chi connectivity index (χ1n) is 5.18. The van der Waals surface area contributed by atoms with E-state index in [9.17, 15) is 0 Å². The Labute approximate surface area is 91.5 Å². The third-order valence-corrected chi connectivity index (χ3v) is 2.20. The molecule has 0 amide bonds. The fourth-order valence-corrected chi connectivity index (χ4v) is 1.11. The van der Waals surface area contributed by atoms with Crippen molar-refractivity contribution in [3.63, 3.8) is 0 Å². The van der Waals surface area contributed by atoms with Gasteiger partial charge in [0.15, 0.2) is 0 Å².